The van der Waals surface area contributed by atoms with Crippen LogP contribution in [0.3, 0.4) is 0 Å². The van der Waals surface area contributed by atoms with E-state index in [0.29, 0.717) is 21.8 Å². The molecule has 18 heteroatoms. The van der Waals surface area contributed by atoms with E-state index in [1.807, 2.05) is 0 Å². The summed E-state index contributed by atoms with van der Waals surface area (Å²) in [5, 5.41) is 30.6. The number of halogens is 4. The lowest BCUT2D eigenvalue weighted by Crippen LogP contribution is -3.00. The van der Waals surface area contributed by atoms with E-state index < -0.39 is 41.4 Å². The number of pyridine rings is 1. The van der Waals surface area contributed by atoms with Crippen LogP contribution in [0.5, 0.6) is 0 Å². The fourth-order valence-corrected chi connectivity index (χ4v) is 6.22. The number of carbonyl (C=O) groups is 2. The van der Waals surface area contributed by atoms with Crippen LogP contribution >= 0.6 is 23.7 Å². The standard InChI is InChI=1S/C35H35F2N8O5S.2ClH/c1-22(33-42-30(18-51-33)25-9-7-24(15-38)8-10-25)35(48,28-14-27(36)11-12-29(28)37)19-45-21-44(20-41-45)23(2)50-34(47)43(4)32-26(6-5-13-40-32)17-49-31(46)16-39-3;;/h5-14,18,20-23,39,48H,16-17,19H2,1-4H3;2*1H/q+1;;/p-1. The van der Waals surface area contributed by atoms with Gasteiger partial charge in [0.1, 0.15) is 36.2 Å². The number of thiazole rings is 1. The van der Waals surface area contributed by atoms with Crippen molar-refractivity contribution in [1.29, 1.82) is 5.26 Å². The number of carbonyl (C=O) groups excluding carboxylic acids is 2. The first-order chi connectivity index (χ1) is 24.4. The Labute approximate surface area is 320 Å². The van der Waals surface area contributed by atoms with E-state index in [9.17, 15) is 19.1 Å². The molecule has 2 N–H and O–H groups in total. The Morgan fingerprint density at radius 3 is 2.62 bits per heavy atom. The number of esters is 1. The molecule has 280 valence electrons. The van der Waals surface area contributed by atoms with Crippen LogP contribution in [-0.2, 0) is 33.0 Å². The first-order valence-corrected chi connectivity index (χ1v) is 16.6. The Morgan fingerprint density at radius 2 is 1.92 bits per heavy atom. The topological polar surface area (TPSA) is 159 Å². The second-order valence-corrected chi connectivity index (χ2v) is 12.5. The van der Waals surface area contributed by atoms with Crippen molar-refractivity contribution in [2.24, 2.45) is 0 Å². The van der Waals surface area contributed by atoms with Gasteiger partial charge < -0.3 is 32.3 Å². The molecule has 0 aliphatic rings. The highest BCUT2D eigenvalue weighted by molar-refractivity contribution is 7.10. The molecule has 0 aliphatic heterocycles. The van der Waals surface area contributed by atoms with Crippen LogP contribution in [0.15, 0.2) is 78.8 Å². The van der Waals surface area contributed by atoms with Crippen molar-refractivity contribution < 1.29 is 49.9 Å². The number of nitrogens with one attached hydrogen (secondary N) is 1. The monoisotopic (exact) mass is 788 g/mol. The third-order valence-corrected chi connectivity index (χ3v) is 9.20. The number of nitriles is 1. The molecule has 0 spiro atoms. The molecule has 1 amide bonds. The number of nitrogens with zero attached hydrogens (tertiary/aromatic N) is 7. The summed E-state index contributed by atoms with van der Waals surface area (Å²) in [6.07, 6.45) is 2.65. The molecule has 2 aromatic carbocycles. The van der Waals surface area contributed by atoms with Gasteiger partial charge in [0.2, 0.25) is 12.6 Å². The number of benzene rings is 2. The van der Waals surface area contributed by atoms with Gasteiger partial charge in [-0.15, -0.1) is 28.4 Å². The van der Waals surface area contributed by atoms with Gasteiger partial charge in [-0.05, 0) is 43.4 Å². The number of aliphatic hydroxyl groups is 1. The van der Waals surface area contributed by atoms with Crippen molar-refractivity contribution in [3.8, 4) is 17.3 Å². The van der Waals surface area contributed by atoms with Gasteiger partial charge in [-0.25, -0.2) is 23.5 Å². The summed E-state index contributed by atoms with van der Waals surface area (Å²) in [4.78, 5) is 35.1. The van der Waals surface area contributed by atoms with Gasteiger partial charge in [0.25, 0.3) is 6.33 Å². The van der Waals surface area contributed by atoms with Crippen LogP contribution in [0, 0.1) is 23.0 Å². The lowest BCUT2D eigenvalue weighted by Gasteiger charge is -2.32. The Bertz CT molecular complexity index is 2060. The largest absolute Gasteiger partial charge is 1.00 e. The average Bonchev–Trinajstić information content (AvgIpc) is 3.82. The van der Waals surface area contributed by atoms with Crippen molar-refractivity contribution in [1.82, 2.24) is 25.1 Å². The normalized spacial score (nSPS) is 12.9. The van der Waals surface area contributed by atoms with Crippen molar-refractivity contribution in [3.05, 3.63) is 112 Å². The number of hydrogen-bond acceptors (Lipinski definition) is 11. The third kappa shape index (κ3) is 9.89. The fraction of sp³-hybridized carbons (Fsp3) is 0.286. The van der Waals surface area contributed by atoms with Crippen molar-refractivity contribution >= 4 is 41.6 Å². The van der Waals surface area contributed by atoms with Gasteiger partial charge in [0.15, 0.2) is 0 Å². The van der Waals surface area contributed by atoms with Crippen LogP contribution in [0.25, 0.3) is 11.3 Å². The molecule has 0 fully saturated rings. The first kappa shape index (κ1) is 42.4. The number of ether oxygens (including phenoxy) is 2. The number of amides is 1. The summed E-state index contributed by atoms with van der Waals surface area (Å²) in [7, 11) is 3.08. The Morgan fingerprint density at radius 1 is 1.19 bits per heavy atom. The minimum atomic E-state index is -2.04. The van der Waals surface area contributed by atoms with Crippen LogP contribution in [0.1, 0.15) is 47.7 Å². The molecule has 3 heterocycles. The summed E-state index contributed by atoms with van der Waals surface area (Å²) < 4.78 is 43.5. The predicted molar refractivity (Wildman–Crippen MR) is 188 cm³/mol. The highest BCUT2D eigenvalue weighted by atomic mass is 35.5. The number of rotatable bonds is 13. The smallest absolute Gasteiger partial charge is 0.418 e. The quantitative estimate of drug-likeness (QED) is 0.134. The molecule has 0 saturated carbocycles. The lowest BCUT2D eigenvalue weighted by atomic mass is 9.82. The molecular weight excluding hydrogens is 753 g/mol. The van der Waals surface area contributed by atoms with Gasteiger partial charge in [-0.2, -0.15) is 9.83 Å². The Kier molecular flexibility index (Phi) is 14.9. The van der Waals surface area contributed by atoms with E-state index in [4.69, 9.17) is 19.7 Å². The molecule has 0 bridgehead atoms. The molecule has 3 unspecified atom stereocenters. The van der Waals surface area contributed by atoms with E-state index in [1.54, 1.807) is 62.7 Å². The SMILES string of the molecule is CNCC(=O)OCc1cccnc1N(C)C(=O)OC(C)[n+]1cnn(CC(O)(c2cc(F)ccc2F)C(C)c2nc(-c3ccc(C#N)cc3)cs2)c1.Cl.[Cl-]. The maximum absolute atomic E-state index is 15.3. The van der Waals surface area contributed by atoms with E-state index in [-0.39, 0.29) is 55.9 Å². The second kappa shape index (κ2) is 18.6. The van der Waals surface area contributed by atoms with E-state index in [0.717, 1.165) is 23.8 Å². The Balaban J connectivity index is 0.00000378. The number of anilines is 1. The molecule has 53 heavy (non-hydrogen) atoms. The zero-order chi connectivity index (χ0) is 36.7. The van der Waals surface area contributed by atoms with Gasteiger partial charge in [0.05, 0.1) is 28.9 Å². The molecule has 3 atom stereocenters. The molecule has 5 rings (SSSR count). The number of hydrogen-bond donors (Lipinski definition) is 2. The van der Waals surface area contributed by atoms with E-state index in [1.165, 1.54) is 51.4 Å². The van der Waals surface area contributed by atoms with Crippen molar-refractivity contribution in [2.45, 2.75) is 44.7 Å². The van der Waals surface area contributed by atoms with Gasteiger partial charge in [-0.3, -0.25) is 9.69 Å². The zero-order valence-corrected chi connectivity index (χ0v) is 31.3. The highest BCUT2D eigenvalue weighted by Crippen LogP contribution is 2.41. The van der Waals surface area contributed by atoms with Crippen LogP contribution in [-0.4, -0.2) is 57.6 Å². The number of aromatic nitrogens is 5. The lowest BCUT2D eigenvalue weighted by molar-refractivity contribution is -0.753. The summed E-state index contributed by atoms with van der Waals surface area (Å²) in [6, 6.07) is 15.1. The molecule has 3 aromatic heterocycles. The summed E-state index contributed by atoms with van der Waals surface area (Å²) in [5.41, 5.74) is 0.000750. The molecule has 0 radical (unpaired) electrons. The van der Waals surface area contributed by atoms with E-state index >= 15 is 4.39 Å². The zero-order valence-electron chi connectivity index (χ0n) is 28.9. The van der Waals surface area contributed by atoms with Crippen molar-refractivity contribution in [2.75, 3.05) is 25.5 Å². The maximum atomic E-state index is 15.3. The molecule has 13 nitrogen and oxygen atoms in total. The summed E-state index contributed by atoms with van der Waals surface area (Å²) in [5.74, 6) is -2.64. The maximum Gasteiger partial charge on any atom is 0.418 e. The van der Waals surface area contributed by atoms with E-state index in [2.05, 4.69) is 21.5 Å². The summed E-state index contributed by atoms with van der Waals surface area (Å²) >= 11 is 1.25. The summed E-state index contributed by atoms with van der Waals surface area (Å²) in [6.45, 7) is 2.85. The van der Waals surface area contributed by atoms with Gasteiger partial charge >= 0.3 is 12.1 Å². The predicted octanol–water partition coefficient (Wildman–Crippen LogP) is 2.01. The third-order valence-electron chi connectivity index (χ3n) is 8.18. The molecule has 5 aromatic rings. The Hall–Kier alpha value is -5.05. The fourth-order valence-electron chi connectivity index (χ4n) is 5.25. The molecule has 0 saturated heterocycles. The minimum Gasteiger partial charge on any atom is -1.00 e. The molecular formula is C35H36Cl2F2N8O5S. The minimum absolute atomic E-state index is 0. The van der Waals surface area contributed by atoms with Gasteiger partial charge in [-0.1, -0.05) is 25.1 Å². The highest BCUT2D eigenvalue weighted by Gasteiger charge is 2.43. The van der Waals surface area contributed by atoms with Gasteiger partial charge in [0, 0.05) is 53.3 Å². The first-order valence-electron chi connectivity index (χ1n) is 15.7. The average molecular weight is 790 g/mol. The van der Waals surface area contributed by atoms with Crippen LogP contribution < -0.4 is 27.2 Å². The van der Waals surface area contributed by atoms with Crippen LogP contribution in [0.4, 0.5) is 19.4 Å². The molecule has 0 aliphatic carbocycles. The van der Waals surface area contributed by atoms with Crippen molar-refractivity contribution in [3.63, 3.8) is 0 Å². The van der Waals surface area contributed by atoms with Crippen LogP contribution in [0.2, 0.25) is 0 Å². The second-order valence-electron chi connectivity index (χ2n) is 11.6. The number of likely N-dealkylation sites (N-methyl/N-ethyl adjacent to an activating group) is 1.